The third kappa shape index (κ3) is 15.7. The van der Waals surface area contributed by atoms with Crippen LogP contribution in [0.15, 0.2) is 97.8 Å². The minimum Gasteiger partial charge on any atom is -0.396 e. The summed E-state index contributed by atoms with van der Waals surface area (Å²) in [5.41, 5.74) is -2.24. The molecular formula is C52H51F8N16O7P. The molecule has 0 saturated carbocycles. The number of nitrogens with zero attached hydrogens (tertiary/aromatic N) is 10. The van der Waals surface area contributed by atoms with Gasteiger partial charge in [0, 0.05) is 76.3 Å². The Labute approximate surface area is 472 Å². The number of carbonyl (C=O) groups excluding carboxylic acids is 2. The lowest BCUT2D eigenvalue weighted by molar-refractivity contribution is -0.138. The molecule has 0 radical (unpaired) electrons. The number of anilines is 8. The van der Waals surface area contributed by atoms with Crippen molar-refractivity contribution in [1.29, 1.82) is 0 Å². The molecule has 6 aromatic heterocycles. The second-order valence-electron chi connectivity index (χ2n) is 18.1. The maximum atomic E-state index is 15.5. The Bertz CT molecular complexity index is 3430. The third-order valence-corrected chi connectivity index (χ3v) is 12.9. The summed E-state index contributed by atoms with van der Waals surface area (Å²) in [6.45, 7) is 0.115. The molecule has 0 spiro atoms. The number of benzene rings is 2. The van der Waals surface area contributed by atoms with Gasteiger partial charge in [-0.3, -0.25) is 23.5 Å². The van der Waals surface area contributed by atoms with Gasteiger partial charge >= 0.3 is 20.6 Å². The van der Waals surface area contributed by atoms with Crippen molar-refractivity contribution in [1.82, 2.24) is 60.1 Å². The van der Waals surface area contributed by atoms with Crippen molar-refractivity contribution >= 4 is 66.4 Å². The molecule has 0 bridgehead atoms. The number of rotatable bonds is 26. The quantitative estimate of drug-likeness (QED) is 0.0142. The minimum atomic E-state index is -4.99. The number of hydrogen-bond acceptors (Lipinski definition) is 19. The van der Waals surface area contributed by atoms with E-state index in [0.29, 0.717) is 62.3 Å². The van der Waals surface area contributed by atoms with Gasteiger partial charge in [0.25, 0.3) is 11.8 Å². The summed E-state index contributed by atoms with van der Waals surface area (Å²) < 4.78 is 143. The Morgan fingerprint density at radius 1 is 0.560 bits per heavy atom. The molecule has 2 amide bonds. The predicted molar refractivity (Wildman–Crippen MR) is 289 cm³/mol. The number of halogens is 8. The first-order valence-corrected chi connectivity index (χ1v) is 26.5. The summed E-state index contributed by atoms with van der Waals surface area (Å²) in [5.74, 6) is -5.95. The second kappa shape index (κ2) is 27.4. The van der Waals surface area contributed by atoms with Crippen LogP contribution >= 0.6 is 8.25 Å². The van der Waals surface area contributed by atoms with E-state index in [1.54, 1.807) is 21.8 Å². The third-order valence-electron chi connectivity index (χ3n) is 12.1. The number of aromatic nitrogens is 10. The average molecular weight is 1200 g/mol. The molecule has 442 valence electrons. The lowest BCUT2D eigenvalue weighted by atomic mass is 10.1. The Morgan fingerprint density at radius 2 is 0.964 bits per heavy atom. The summed E-state index contributed by atoms with van der Waals surface area (Å²) in [6.07, 6.45) is -0.305. The molecule has 2 aromatic carbocycles. The highest BCUT2D eigenvalue weighted by Gasteiger charge is 2.37. The largest absolute Gasteiger partial charge is 0.421 e. The fourth-order valence-electron chi connectivity index (χ4n) is 7.84. The number of alkyl halides is 6. The van der Waals surface area contributed by atoms with Crippen molar-refractivity contribution in [3.05, 3.63) is 143 Å². The van der Waals surface area contributed by atoms with E-state index in [2.05, 4.69) is 72.0 Å². The zero-order chi connectivity index (χ0) is 60.1. The Kier molecular flexibility index (Phi) is 19.9. The molecule has 0 aliphatic carbocycles. The normalized spacial score (nSPS) is 11.7. The first-order chi connectivity index (χ1) is 40.2. The standard InChI is InChI=1S/C52H51F8N16O7P/c1-61-47(79)43-41(13-11-37(67-43)31-21-65-75(25-31)15-3-5-17-77)69-45-33(51(55,56)57)23-63-49(73-45)71-39-9-7-29(19-35(39)53)27-82-84(81)83-28-30-8-10-40(36(54)20-30)72-50-64-24-34(52(58,59)60)46(74-50)70-42-14-12-38(68-44(42)48(80)62-2)32-22-66-76(26-32)16-4-6-18-78/h7-14,19-26,77-78,84H,3-6,15-18,27-28H2,1-2H3,(H,61,79)(H,62,80)(H2,63,69,71,73)(H2,64,70,72,74). The number of pyridine rings is 2. The molecule has 6 heterocycles. The van der Waals surface area contributed by atoms with E-state index in [0.717, 1.165) is 12.1 Å². The minimum absolute atomic E-state index is 0.0146. The summed E-state index contributed by atoms with van der Waals surface area (Å²) in [7, 11) is -0.706. The van der Waals surface area contributed by atoms with Gasteiger partial charge in [0.2, 0.25) is 11.9 Å². The molecule has 0 saturated heterocycles. The molecule has 0 fully saturated rings. The average Bonchev–Trinajstić information content (AvgIpc) is 2.08. The molecule has 23 nitrogen and oxygen atoms in total. The maximum absolute atomic E-state index is 15.5. The zero-order valence-electron chi connectivity index (χ0n) is 44.2. The van der Waals surface area contributed by atoms with Gasteiger partial charge < -0.3 is 51.2 Å². The molecule has 32 heteroatoms. The van der Waals surface area contributed by atoms with Crippen molar-refractivity contribution in [2.24, 2.45) is 0 Å². The number of amides is 2. The highest BCUT2D eigenvalue weighted by atomic mass is 31.1. The van der Waals surface area contributed by atoms with E-state index >= 15 is 8.78 Å². The van der Waals surface area contributed by atoms with Crippen LogP contribution in [0, 0.1) is 11.6 Å². The number of carbonyl (C=O) groups is 2. The van der Waals surface area contributed by atoms with E-state index in [9.17, 15) is 40.5 Å². The van der Waals surface area contributed by atoms with Crippen LogP contribution in [0.1, 0.15) is 68.9 Å². The first-order valence-electron chi connectivity index (χ1n) is 25.3. The van der Waals surface area contributed by atoms with Gasteiger partial charge in [0.15, 0.2) is 11.4 Å². The van der Waals surface area contributed by atoms with Crippen molar-refractivity contribution in [2.45, 2.75) is 64.3 Å². The van der Waals surface area contributed by atoms with Gasteiger partial charge in [-0.1, -0.05) is 12.1 Å². The van der Waals surface area contributed by atoms with E-state index in [-0.39, 0.29) is 69.9 Å². The van der Waals surface area contributed by atoms with E-state index in [1.807, 2.05) is 0 Å². The summed E-state index contributed by atoms with van der Waals surface area (Å²) in [5, 5.41) is 41.5. The predicted octanol–water partition coefficient (Wildman–Crippen LogP) is 9.46. The van der Waals surface area contributed by atoms with Crippen molar-refractivity contribution in [3.8, 4) is 22.5 Å². The molecule has 0 aliphatic rings. The van der Waals surface area contributed by atoms with E-state index in [1.165, 1.54) is 75.0 Å². The molecule has 0 unspecified atom stereocenters. The molecule has 0 aliphatic heterocycles. The van der Waals surface area contributed by atoms with Gasteiger partial charge in [-0.15, -0.1) is 0 Å². The van der Waals surface area contributed by atoms with E-state index in [4.69, 9.17) is 19.3 Å². The van der Waals surface area contributed by atoms with Crippen LogP contribution in [-0.2, 0) is 52.3 Å². The lowest BCUT2D eigenvalue weighted by Crippen LogP contribution is -2.21. The van der Waals surface area contributed by atoms with Crippen molar-refractivity contribution in [3.63, 3.8) is 0 Å². The molecule has 8 N–H and O–H groups in total. The number of nitrogens with one attached hydrogen (secondary N) is 6. The van der Waals surface area contributed by atoms with Crippen molar-refractivity contribution < 1.29 is 68.5 Å². The van der Waals surface area contributed by atoms with Crippen molar-refractivity contribution in [2.75, 3.05) is 48.6 Å². The highest BCUT2D eigenvalue weighted by Crippen LogP contribution is 2.39. The fraction of sp³-hybridized carbons (Fsp3) is 0.269. The number of aliphatic hydroxyl groups is 2. The van der Waals surface area contributed by atoms with Gasteiger partial charge in [-0.2, -0.15) is 46.5 Å². The van der Waals surface area contributed by atoms with Gasteiger partial charge in [-0.05, 0) is 85.3 Å². The lowest BCUT2D eigenvalue weighted by Gasteiger charge is -2.17. The van der Waals surface area contributed by atoms with Gasteiger partial charge in [-0.25, -0.2) is 28.7 Å². The van der Waals surface area contributed by atoms with Gasteiger partial charge in [0.1, 0.15) is 34.4 Å². The fourth-order valence-corrected chi connectivity index (χ4v) is 8.50. The highest BCUT2D eigenvalue weighted by molar-refractivity contribution is 7.33. The zero-order valence-corrected chi connectivity index (χ0v) is 45.2. The van der Waals surface area contributed by atoms with Crippen LogP contribution in [0.2, 0.25) is 0 Å². The van der Waals surface area contributed by atoms with Crippen LogP contribution in [-0.4, -0.2) is 98.8 Å². The topological polar surface area (TPSA) is 295 Å². The Morgan fingerprint density at radius 3 is 1.33 bits per heavy atom. The molecule has 8 rings (SSSR count). The van der Waals surface area contributed by atoms with Crippen LogP contribution in [0.25, 0.3) is 22.5 Å². The molecule has 84 heavy (non-hydrogen) atoms. The number of unbranched alkanes of at least 4 members (excludes halogenated alkanes) is 2. The monoisotopic (exact) mass is 1190 g/mol. The number of aliphatic hydroxyl groups excluding tert-OH is 2. The molecular weight excluding hydrogens is 1140 g/mol. The summed E-state index contributed by atoms with van der Waals surface area (Å²) in [6, 6.07) is 12.6. The van der Waals surface area contributed by atoms with Crippen LogP contribution in [0.5, 0.6) is 0 Å². The second-order valence-corrected chi connectivity index (χ2v) is 19.1. The van der Waals surface area contributed by atoms with Crippen LogP contribution in [0.4, 0.5) is 81.4 Å². The summed E-state index contributed by atoms with van der Waals surface area (Å²) in [4.78, 5) is 50.0. The van der Waals surface area contributed by atoms with Gasteiger partial charge in [0.05, 0.1) is 59.7 Å². The number of aryl methyl sites for hydroxylation is 2. The smallest absolute Gasteiger partial charge is 0.396 e. The van der Waals surface area contributed by atoms with Crippen LogP contribution in [0.3, 0.4) is 0 Å². The van der Waals surface area contributed by atoms with Crippen LogP contribution < -0.4 is 31.9 Å². The molecule has 8 aromatic rings. The SMILES string of the molecule is CNC(=O)c1nc(-c2cnn(CCCCO)c2)ccc1Nc1nc(Nc2ccc(CO[PH](=O)OCc3ccc(Nc4ncc(C(F)(F)F)c(Nc5ccc(-c6cnn(CCCCO)c6)nc5C(=O)NC)n4)c(F)c3)cc2F)ncc1C(F)(F)F. The Balaban J connectivity index is 0.879. The first kappa shape index (κ1) is 61.1. The summed E-state index contributed by atoms with van der Waals surface area (Å²) >= 11 is 0. The Hall–Kier alpha value is -9.03. The maximum Gasteiger partial charge on any atom is 0.421 e. The molecule has 0 atom stereocenters. The number of hydrogen-bond donors (Lipinski definition) is 8. The van der Waals surface area contributed by atoms with E-state index < -0.39 is 91.9 Å².